The molecule has 102 valence electrons. The molecule has 0 spiro atoms. The van der Waals surface area contributed by atoms with E-state index in [2.05, 4.69) is 10.2 Å². The van der Waals surface area contributed by atoms with Crippen LogP contribution in [0.3, 0.4) is 0 Å². The van der Waals surface area contributed by atoms with E-state index in [1.807, 2.05) is 13.8 Å². The van der Waals surface area contributed by atoms with E-state index in [0.717, 1.165) is 4.88 Å². The first-order chi connectivity index (χ1) is 8.97. The largest absolute Gasteiger partial charge is 0.482 e. The van der Waals surface area contributed by atoms with Gasteiger partial charge in [-0.25, -0.2) is 4.79 Å². The van der Waals surface area contributed by atoms with E-state index in [1.165, 1.54) is 11.3 Å². The minimum absolute atomic E-state index is 0.0649. The Labute approximate surface area is 114 Å². The number of aryl methyl sites for hydroxylation is 1. The van der Waals surface area contributed by atoms with Gasteiger partial charge in [0.05, 0.1) is 0 Å². The maximum absolute atomic E-state index is 11.2. The molecule has 2 heterocycles. The van der Waals surface area contributed by atoms with Crippen LogP contribution >= 0.6 is 11.3 Å². The lowest BCUT2D eigenvalue weighted by atomic mass is 10.2. The van der Waals surface area contributed by atoms with Crippen molar-refractivity contribution in [2.24, 2.45) is 0 Å². The number of hydrogen-bond donors (Lipinski definition) is 1. The molecule has 0 bridgehead atoms. The van der Waals surface area contributed by atoms with Crippen molar-refractivity contribution in [1.82, 2.24) is 10.2 Å². The van der Waals surface area contributed by atoms with E-state index < -0.39 is 5.97 Å². The Bertz CT molecular complexity index is 588. The lowest BCUT2D eigenvalue weighted by Gasteiger charge is -2.01. The minimum atomic E-state index is -0.992. The summed E-state index contributed by atoms with van der Waals surface area (Å²) in [4.78, 5) is 12.3. The monoisotopic (exact) mass is 282 g/mol. The second-order valence-electron chi connectivity index (χ2n) is 4.31. The molecule has 0 radical (unpaired) electrons. The van der Waals surface area contributed by atoms with E-state index in [1.54, 1.807) is 13.0 Å². The summed E-state index contributed by atoms with van der Waals surface area (Å²) in [5.41, 5.74) is 0. The second kappa shape index (κ2) is 5.40. The smallest absolute Gasteiger partial charge is 0.349 e. The van der Waals surface area contributed by atoms with E-state index in [-0.39, 0.29) is 17.4 Å². The molecule has 19 heavy (non-hydrogen) atoms. The number of rotatable bonds is 5. The fraction of sp³-hybridized carbons (Fsp3) is 0.417. The molecule has 0 atom stereocenters. The number of carboxylic acids is 1. The summed E-state index contributed by atoms with van der Waals surface area (Å²) in [5, 5.41) is 16.6. The van der Waals surface area contributed by atoms with Gasteiger partial charge in [-0.15, -0.1) is 21.5 Å². The van der Waals surface area contributed by atoms with Crippen LogP contribution in [0.2, 0.25) is 0 Å². The van der Waals surface area contributed by atoms with Crippen molar-refractivity contribution in [2.45, 2.75) is 33.3 Å². The molecule has 0 fully saturated rings. The van der Waals surface area contributed by atoms with Gasteiger partial charge in [-0.1, -0.05) is 13.8 Å². The first-order valence-electron chi connectivity index (χ1n) is 5.76. The zero-order valence-corrected chi connectivity index (χ0v) is 11.7. The Morgan fingerprint density at radius 3 is 2.79 bits per heavy atom. The number of aromatic nitrogens is 2. The van der Waals surface area contributed by atoms with Gasteiger partial charge >= 0.3 is 5.97 Å². The van der Waals surface area contributed by atoms with E-state index in [9.17, 15) is 4.79 Å². The third-order valence-corrected chi connectivity index (χ3v) is 3.80. The maximum Gasteiger partial charge on any atom is 0.349 e. The van der Waals surface area contributed by atoms with Crippen molar-refractivity contribution < 1.29 is 19.1 Å². The van der Waals surface area contributed by atoms with Crippen molar-refractivity contribution in [3.8, 4) is 5.75 Å². The predicted octanol–water partition coefficient (Wildman–Crippen LogP) is 2.84. The van der Waals surface area contributed by atoms with Crippen molar-refractivity contribution in [2.75, 3.05) is 0 Å². The van der Waals surface area contributed by atoms with Crippen molar-refractivity contribution in [3.05, 3.63) is 27.6 Å². The number of aromatic carboxylic acids is 1. The van der Waals surface area contributed by atoms with Gasteiger partial charge in [0.2, 0.25) is 5.89 Å². The first-order valence-corrected chi connectivity index (χ1v) is 6.58. The number of nitrogens with zero attached hydrogens (tertiary/aromatic N) is 2. The van der Waals surface area contributed by atoms with Gasteiger partial charge in [-0.05, 0) is 12.0 Å². The standard InChI is InChI=1S/C12H14N2O4S/c1-6(2)9-4-8(11(19-9)12(15)16)17-5-10-14-13-7(3)18-10/h4,6H,5H2,1-3H3,(H,15,16). The quantitative estimate of drug-likeness (QED) is 0.907. The molecule has 2 aromatic heterocycles. The Morgan fingerprint density at radius 2 is 2.26 bits per heavy atom. The molecule has 0 saturated carbocycles. The zero-order chi connectivity index (χ0) is 14.0. The van der Waals surface area contributed by atoms with Gasteiger partial charge in [-0.2, -0.15) is 0 Å². The highest BCUT2D eigenvalue weighted by atomic mass is 32.1. The highest BCUT2D eigenvalue weighted by Gasteiger charge is 2.19. The highest BCUT2D eigenvalue weighted by Crippen LogP contribution is 2.34. The number of hydrogen-bond acceptors (Lipinski definition) is 6. The van der Waals surface area contributed by atoms with Crippen LogP contribution in [0.15, 0.2) is 10.5 Å². The van der Waals surface area contributed by atoms with Gasteiger partial charge in [0, 0.05) is 11.8 Å². The zero-order valence-electron chi connectivity index (χ0n) is 10.8. The average molecular weight is 282 g/mol. The van der Waals surface area contributed by atoms with Crippen LogP contribution in [0.5, 0.6) is 5.75 Å². The molecule has 7 heteroatoms. The third-order valence-electron chi connectivity index (χ3n) is 2.40. The Balaban J connectivity index is 2.16. The molecule has 2 rings (SSSR count). The molecule has 6 nitrogen and oxygen atoms in total. The van der Waals surface area contributed by atoms with Gasteiger partial charge in [-0.3, -0.25) is 0 Å². The van der Waals surface area contributed by atoms with Crippen molar-refractivity contribution in [1.29, 1.82) is 0 Å². The summed E-state index contributed by atoms with van der Waals surface area (Å²) >= 11 is 1.22. The van der Waals surface area contributed by atoms with Crippen LogP contribution in [0.1, 0.15) is 46.1 Å². The summed E-state index contributed by atoms with van der Waals surface area (Å²) in [6.45, 7) is 5.75. The van der Waals surface area contributed by atoms with Crippen LogP contribution in [-0.2, 0) is 6.61 Å². The second-order valence-corrected chi connectivity index (χ2v) is 5.39. The van der Waals surface area contributed by atoms with Crippen LogP contribution in [0, 0.1) is 6.92 Å². The summed E-state index contributed by atoms with van der Waals surface area (Å²) < 4.78 is 10.6. The number of carboxylic acid groups (broad SMARTS) is 1. The van der Waals surface area contributed by atoms with Crippen LogP contribution in [0.4, 0.5) is 0 Å². The van der Waals surface area contributed by atoms with Gasteiger partial charge in [0.1, 0.15) is 5.75 Å². The first kappa shape index (κ1) is 13.5. The summed E-state index contributed by atoms with van der Waals surface area (Å²) in [6, 6.07) is 1.75. The van der Waals surface area contributed by atoms with E-state index in [4.69, 9.17) is 14.3 Å². The van der Waals surface area contributed by atoms with Gasteiger partial charge in [0.15, 0.2) is 11.5 Å². The molecule has 0 aliphatic rings. The molecule has 0 unspecified atom stereocenters. The topological polar surface area (TPSA) is 85.5 Å². The molecule has 1 N–H and O–H groups in total. The van der Waals surface area contributed by atoms with Crippen LogP contribution in [0.25, 0.3) is 0 Å². The lowest BCUT2D eigenvalue weighted by molar-refractivity contribution is 0.0697. The summed E-state index contributed by atoms with van der Waals surface area (Å²) in [7, 11) is 0. The van der Waals surface area contributed by atoms with Crippen molar-refractivity contribution >= 4 is 17.3 Å². The maximum atomic E-state index is 11.2. The molecular weight excluding hydrogens is 268 g/mol. The molecule has 2 aromatic rings. The van der Waals surface area contributed by atoms with E-state index >= 15 is 0 Å². The fourth-order valence-electron chi connectivity index (χ4n) is 1.47. The normalized spacial score (nSPS) is 10.9. The Morgan fingerprint density at radius 1 is 1.53 bits per heavy atom. The molecule has 0 aliphatic carbocycles. The minimum Gasteiger partial charge on any atom is -0.482 e. The Kier molecular flexibility index (Phi) is 3.84. The highest BCUT2D eigenvalue weighted by molar-refractivity contribution is 7.14. The van der Waals surface area contributed by atoms with Gasteiger partial charge in [0.25, 0.3) is 5.89 Å². The number of thiophene rings is 1. The molecule has 0 aliphatic heterocycles. The number of carbonyl (C=O) groups is 1. The van der Waals surface area contributed by atoms with Gasteiger partial charge < -0.3 is 14.3 Å². The average Bonchev–Trinajstić information content (AvgIpc) is 2.92. The fourth-order valence-corrected chi connectivity index (χ4v) is 2.41. The number of ether oxygens (including phenoxy) is 1. The SMILES string of the molecule is Cc1nnc(COc2cc(C(C)C)sc2C(=O)O)o1. The summed E-state index contributed by atoms with van der Waals surface area (Å²) in [6.07, 6.45) is 0. The molecule has 0 amide bonds. The third kappa shape index (κ3) is 3.11. The van der Waals surface area contributed by atoms with E-state index in [0.29, 0.717) is 17.5 Å². The van der Waals surface area contributed by atoms with Crippen LogP contribution < -0.4 is 4.74 Å². The molecule has 0 aromatic carbocycles. The van der Waals surface area contributed by atoms with Crippen LogP contribution in [-0.4, -0.2) is 21.3 Å². The predicted molar refractivity (Wildman–Crippen MR) is 68.7 cm³/mol. The Hall–Kier alpha value is -1.89. The lowest BCUT2D eigenvalue weighted by Crippen LogP contribution is -2.00. The molecular formula is C12H14N2O4S. The van der Waals surface area contributed by atoms with Crippen molar-refractivity contribution in [3.63, 3.8) is 0 Å². The molecule has 0 saturated heterocycles. The summed E-state index contributed by atoms with van der Waals surface area (Å²) in [5.74, 6) is 0.383.